The van der Waals surface area contributed by atoms with Crippen LogP contribution in [0.3, 0.4) is 0 Å². The highest BCUT2D eigenvalue weighted by Gasteiger charge is 2.59. The molecule has 0 aromatic rings. The summed E-state index contributed by atoms with van der Waals surface area (Å²) in [6, 6.07) is 0. The van der Waals surface area contributed by atoms with E-state index in [2.05, 4.69) is 27.7 Å². The first-order chi connectivity index (χ1) is 13.9. The highest BCUT2D eigenvalue weighted by atomic mass is 16.4. The van der Waals surface area contributed by atoms with Crippen molar-refractivity contribution >= 4 is 5.97 Å². The van der Waals surface area contributed by atoms with Crippen molar-refractivity contribution in [2.75, 3.05) is 0 Å². The van der Waals surface area contributed by atoms with Crippen LogP contribution in [0.4, 0.5) is 0 Å². The van der Waals surface area contributed by atoms with Crippen LogP contribution in [-0.4, -0.2) is 11.1 Å². The van der Waals surface area contributed by atoms with Crippen molar-refractivity contribution in [3.63, 3.8) is 0 Å². The molecule has 4 aliphatic rings. The van der Waals surface area contributed by atoms with Gasteiger partial charge in [-0.15, -0.1) is 0 Å². The second-order valence-electron chi connectivity index (χ2n) is 13.1. The Hall–Kier alpha value is -0.530. The van der Waals surface area contributed by atoms with Gasteiger partial charge in [-0.2, -0.15) is 0 Å². The first-order valence-electron chi connectivity index (χ1n) is 13.2. The van der Waals surface area contributed by atoms with Crippen LogP contribution in [0.2, 0.25) is 0 Å². The summed E-state index contributed by atoms with van der Waals surface area (Å²) < 4.78 is 0. The van der Waals surface area contributed by atoms with E-state index >= 15 is 0 Å². The Kier molecular flexibility index (Phi) is 7.06. The summed E-state index contributed by atoms with van der Waals surface area (Å²) in [6.45, 7) is 15.4. The van der Waals surface area contributed by atoms with E-state index < -0.39 is 11.4 Å². The lowest BCUT2D eigenvalue weighted by molar-refractivity contribution is -0.145. The van der Waals surface area contributed by atoms with Gasteiger partial charge in [-0.25, -0.2) is 0 Å². The fraction of sp³-hybridized carbons (Fsp3) is 0.964. The van der Waals surface area contributed by atoms with Crippen molar-refractivity contribution in [3.8, 4) is 0 Å². The fourth-order valence-corrected chi connectivity index (χ4v) is 8.55. The average Bonchev–Trinajstić information content (AvgIpc) is 3.04. The Morgan fingerprint density at radius 2 is 1.57 bits per heavy atom. The zero-order valence-corrected chi connectivity index (χ0v) is 21.1. The Labute approximate surface area is 187 Å². The highest BCUT2D eigenvalue weighted by Crippen LogP contribution is 2.68. The van der Waals surface area contributed by atoms with E-state index in [1.807, 2.05) is 0 Å². The van der Waals surface area contributed by atoms with E-state index in [0.717, 1.165) is 40.9 Å². The minimum Gasteiger partial charge on any atom is -0.481 e. The SMILES string of the molecule is CC(C)(C)C(=O)O.CCC(C)C1CCC2C3CCC4CCCCC4(C)C3CCC12C. The zero-order valence-electron chi connectivity index (χ0n) is 21.1. The van der Waals surface area contributed by atoms with Crippen molar-refractivity contribution in [1.29, 1.82) is 0 Å². The maximum absolute atomic E-state index is 10.0. The van der Waals surface area contributed by atoms with Gasteiger partial charge >= 0.3 is 5.97 Å². The third-order valence-electron chi connectivity index (χ3n) is 10.6. The number of carboxylic acids is 1. The Morgan fingerprint density at radius 3 is 2.17 bits per heavy atom. The Morgan fingerprint density at radius 1 is 0.933 bits per heavy atom. The van der Waals surface area contributed by atoms with Crippen LogP contribution >= 0.6 is 0 Å². The molecular formula is C28H50O2. The lowest BCUT2D eigenvalue weighted by Crippen LogP contribution is -2.53. The van der Waals surface area contributed by atoms with Crippen LogP contribution in [0.15, 0.2) is 0 Å². The highest BCUT2D eigenvalue weighted by molar-refractivity contribution is 5.72. The molecule has 0 saturated heterocycles. The molecule has 0 radical (unpaired) electrons. The maximum Gasteiger partial charge on any atom is 0.308 e. The van der Waals surface area contributed by atoms with Gasteiger partial charge in [-0.1, -0.05) is 47.0 Å². The van der Waals surface area contributed by atoms with Gasteiger partial charge in [-0.05, 0) is 118 Å². The standard InChI is InChI=1S/C23H40.C5H10O2/c1-5-16(2)19-11-12-20-18-10-9-17-8-6-7-14-22(17,3)21(18)13-15-23(19,20)4;1-5(2,3)4(6)7/h16-21H,5-15H2,1-4H3;1-3H3,(H,6,7). The Balaban J connectivity index is 0.000000318. The summed E-state index contributed by atoms with van der Waals surface area (Å²) in [5, 5.41) is 8.25. The van der Waals surface area contributed by atoms with Crippen molar-refractivity contribution in [1.82, 2.24) is 0 Å². The molecule has 0 aromatic heterocycles. The second-order valence-corrected chi connectivity index (χ2v) is 13.1. The third kappa shape index (κ3) is 4.23. The number of hydrogen-bond donors (Lipinski definition) is 1. The number of rotatable bonds is 2. The predicted octanol–water partition coefficient (Wildman–Crippen LogP) is 8.20. The largest absolute Gasteiger partial charge is 0.481 e. The molecule has 0 heterocycles. The van der Waals surface area contributed by atoms with Crippen molar-refractivity contribution in [2.45, 2.75) is 119 Å². The lowest BCUT2D eigenvalue weighted by atomic mass is 9.44. The van der Waals surface area contributed by atoms with E-state index in [0.29, 0.717) is 5.41 Å². The number of carbonyl (C=O) groups is 1. The van der Waals surface area contributed by atoms with Crippen LogP contribution in [0, 0.1) is 51.8 Å². The minimum absolute atomic E-state index is 0.583. The summed E-state index contributed by atoms with van der Waals surface area (Å²) in [7, 11) is 0. The molecule has 8 atom stereocenters. The molecule has 4 saturated carbocycles. The monoisotopic (exact) mass is 418 g/mol. The molecule has 0 amide bonds. The van der Waals surface area contributed by atoms with Gasteiger partial charge in [0, 0.05) is 0 Å². The quantitative estimate of drug-likeness (QED) is 0.490. The first-order valence-corrected chi connectivity index (χ1v) is 13.2. The first kappa shape index (κ1) is 24.1. The molecule has 4 aliphatic carbocycles. The van der Waals surface area contributed by atoms with Gasteiger partial charge < -0.3 is 5.11 Å². The average molecular weight is 419 g/mol. The normalized spacial score (nSPS) is 44.0. The molecule has 30 heavy (non-hydrogen) atoms. The van der Waals surface area contributed by atoms with E-state index in [4.69, 9.17) is 5.11 Å². The van der Waals surface area contributed by atoms with Gasteiger partial charge in [-0.3, -0.25) is 4.79 Å². The number of hydrogen-bond acceptors (Lipinski definition) is 1. The minimum atomic E-state index is -0.757. The van der Waals surface area contributed by atoms with Gasteiger partial charge in [0.15, 0.2) is 0 Å². The van der Waals surface area contributed by atoms with Gasteiger partial charge in [0.25, 0.3) is 0 Å². The summed E-state index contributed by atoms with van der Waals surface area (Å²) >= 11 is 0. The molecular weight excluding hydrogens is 368 g/mol. The van der Waals surface area contributed by atoms with E-state index in [-0.39, 0.29) is 0 Å². The topological polar surface area (TPSA) is 37.3 Å². The molecule has 174 valence electrons. The Bertz CT molecular complexity index is 604. The van der Waals surface area contributed by atoms with Crippen molar-refractivity contribution < 1.29 is 9.90 Å². The summed E-state index contributed by atoms with van der Waals surface area (Å²) in [5.41, 5.74) is 0.825. The van der Waals surface area contributed by atoms with Crippen molar-refractivity contribution in [2.24, 2.45) is 51.8 Å². The van der Waals surface area contributed by atoms with Gasteiger partial charge in [0.2, 0.25) is 0 Å². The molecule has 2 heteroatoms. The fourth-order valence-electron chi connectivity index (χ4n) is 8.55. The number of aliphatic carboxylic acids is 1. The predicted molar refractivity (Wildman–Crippen MR) is 126 cm³/mol. The van der Waals surface area contributed by atoms with Crippen LogP contribution in [0.1, 0.15) is 119 Å². The lowest BCUT2D eigenvalue weighted by Gasteiger charge is -2.61. The van der Waals surface area contributed by atoms with Gasteiger partial charge in [0.05, 0.1) is 5.41 Å². The third-order valence-corrected chi connectivity index (χ3v) is 10.6. The molecule has 2 nitrogen and oxygen atoms in total. The molecule has 0 aromatic carbocycles. The smallest absolute Gasteiger partial charge is 0.308 e. The van der Waals surface area contributed by atoms with Gasteiger partial charge in [0.1, 0.15) is 0 Å². The molecule has 0 spiro atoms. The zero-order chi connectivity index (χ0) is 22.3. The molecule has 4 fully saturated rings. The van der Waals surface area contributed by atoms with Crippen LogP contribution in [-0.2, 0) is 4.79 Å². The molecule has 4 rings (SSSR count). The van der Waals surface area contributed by atoms with E-state index in [1.54, 1.807) is 72.1 Å². The van der Waals surface area contributed by atoms with Crippen molar-refractivity contribution in [3.05, 3.63) is 0 Å². The summed E-state index contributed by atoms with van der Waals surface area (Å²) in [5.74, 6) is 5.53. The summed E-state index contributed by atoms with van der Waals surface area (Å²) in [6.07, 6.45) is 16.9. The van der Waals surface area contributed by atoms with E-state index in [9.17, 15) is 4.79 Å². The molecule has 0 bridgehead atoms. The van der Waals surface area contributed by atoms with Crippen LogP contribution < -0.4 is 0 Å². The van der Waals surface area contributed by atoms with Crippen LogP contribution in [0.5, 0.6) is 0 Å². The number of carboxylic acid groups (broad SMARTS) is 1. The molecule has 1 N–H and O–H groups in total. The van der Waals surface area contributed by atoms with Crippen LogP contribution in [0.25, 0.3) is 0 Å². The second kappa shape index (κ2) is 8.78. The van der Waals surface area contributed by atoms with E-state index in [1.165, 1.54) is 19.3 Å². The molecule has 8 unspecified atom stereocenters. The number of fused-ring (bicyclic) bond motifs is 5. The summed E-state index contributed by atoms with van der Waals surface area (Å²) in [4.78, 5) is 10.0. The maximum atomic E-state index is 10.0. The molecule has 0 aliphatic heterocycles.